The lowest BCUT2D eigenvalue weighted by atomic mass is 9.95. The minimum Gasteiger partial charge on any atom is -0.491 e. The maximum atomic E-state index is 14.3. The van der Waals surface area contributed by atoms with Gasteiger partial charge in [0.25, 0.3) is 5.56 Å². The van der Waals surface area contributed by atoms with Gasteiger partial charge in [-0.15, -0.1) is 0 Å². The number of allylic oxidation sites excluding steroid dienone is 1. The average Bonchev–Trinajstić information content (AvgIpc) is 3.30. The fourth-order valence-corrected chi connectivity index (χ4v) is 7.71. The normalized spacial score (nSPS) is 14.5. The molecule has 0 amide bonds. The van der Waals surface area contributed by atoms with Crippen molar-refractivity contribution in [3.8, 4) is 17.6 Å². The quantitative estimate of drug-likeness (QED) is 0.144. The molecule has 1 aliphatic heterocycles. The van der Waals surface area contributed by atoms with Crippen molar-refractivity contribution in [2.45, 2.75) is 46.4 Å². The molecule has 8 nitrogen and oxygen atoms in total. The number of ether oxygens (including phenoxy) is 3. The van der Waals surface area contributed by atoms with E-state index in [1.54, 1.807) is 36.6 Å². The highest BCUT2D eigenvalue weighted by atomic mass is 127. The second kappa shape index (κ2) is 14.1. The van der Waals surface area contributed by atoms with Gasteiger partial charge < -0.3 is 14.2 Å². The van der Waals surface area contributed by atoms with E-state index in [1.807, 2.05) is 62.4 Å². The van der Waals surface area contributed by atoms with Crippen LogP contribution in [0, 0.1) is 14.9 Å². The van der Waals surface area contributed by atoms with Crippen LogP contribution in [0.15, 0.2) is 86.2 Å². The Morgan fingerprint density at radius 3 is 2.62 bits per heavy atom. The highest BCUT2D eigenvalue weighted by molar-refractivity contribution is 14.1. The number of thiazole rings is 1. The number of halogens is 2. The first-order valence-corrected chi connectivity index (χ1v) is 16.9. The van der Waals surface area contributed by atoms with Crippen LogP contribution in [0.25, 0.3) is 6.08 Å². The third-order valence-corrected chi connectivity index (χ3v) is 9.13. The molecule has 2 heterocycles. The van der Waals surface area contributed by atoms with Crippen molar-refractivity contribution in [1.29, 1.82) is 5.26 Å². The third-order valence-electron chi connectivity index (χ3n) is 6.88. The zero-order chi connectivity index (χ0) is 32.2. The lowest BCUT2D eigenvalue weighted by Crippen LogP contribution is -2.40. The van der Waals surface area contributed by atoms with E-state index >= 15 is 0 Å². The van der Waals surface area contributed by atoms with Crippen LogP contribution in [0.4, 0.5) is 0 Å². The van der Waals surface area contributed by atoms with Gasteiger partial charge in [0.15, 0.2) is 4.80 Å². The Hall–Kier alpha value is -3.73. The Balaban J connectivity index is 1.66. The predicted octanol–water partition coefficient (Wildman–Crippen LogP) is 6.40. The van der Waals surface area contributed by atoms with Crippen LogP contribution >= 0.6 is 49.9 Å². The molecule has 1 aliphatic rings. The molecular formula is C34H29BrIN3O5S. The summed E-state index contributed by atoms with van der Waals surface area (Å²) in [5, 5.41) is 9.11. The Labute approximate surface area is 286 Å². The van der Waals surface area contributed by atoms with E-state index < -0.39 is 12.0 Å². The van der Waals surface area contributed by atoms with E-state index in [0.717, 1.165) is 13.6 Å². The number of nitriles is 1. The summed E-state index contributed by atoms with van der Waals surface area (Å²) in [4.78, 5) is 32.8. The van der Waals surface area contributed by atoms with Gasteiger partial charge in [0, 0.05) is 15.6 Å². The van der Waals surface area contributed by atoms with E-state index in [4.69, 9.17) is 24.5 Å². The Bertz CT molecular complexity index is 2030. The molecule has 0 radical (unpaired) electrons. The van der Waals surface area contributed by atoms with Gasteiger partial charge in [-0.1, -0.05) is 57.6 Å². The summed E-state index contributed by atoms with van der Waals surface area (Å²) in [6.45, 7) is 7.82. The number of hydrogen-bond donors (Lipinski definition) is 0. The van der Waals surface area contributed by atoms with Gasteiger partial charge in [0.1, 0.15) is 24.1 Å². The summed E-state index contributed by atoms with van der Waals surface area (Å²) in [5.74, 6) is 0.658. The number of benzene rings is 3. The zero-order valence-electron chi connectivity index (χ0n) is 25.0. The lowest BCUT2D eigenvalue weighted by molar-refractivity contribution is -0.139. The van der Waals surface area contributed by atoms with Crippen molar-refractivity contribution in [3.63, 3.8) is 0 Å². The number of para-hydroxylation sites is 1. The van der Waals surface area contributed by atoms with Crippen LogP contribution in [0.1, 0.15) is 56.0 Å². The first kappa shape index (κ1) is 32.7. The van der Waals surface area contributed by atoms with E-state index in [1.165, 1.54) is 11.3 Å². The van der Waals surface area contributed by atoms with E-state index in [0.29, 0.717) is 48.8 Å². The van der Waals surface area contributed by atoms with Crippen molar-refractivity contribution >= 4 is 61.9 Å². The molecule has 5 rings (SSSR count). The molecule has 0 aliphatic carbocycles. The summed E-state index contributed by atoms with van der Waals surface area (Å²) in [6.07, 6.45) is 1.67. The Morgan fingerprint density at radius 2 is 1.93 bits per heavy atom. The third kappa shape index (κ3) is 7.08. The Morgan fingerprint density at radius 1 is 1.20 bits per heavy atom. The van der Waals surface area contributed by atoms with Gasteiger partial charge in [0.05, 0.1) is 43.7 Å². The summed E-state index contributed by atoms with van der Waals surface area (Å²) >= 11 is 7.03. The van der Waals surface area contributed by atoms with E-state index in [2.05, 4.69) is 44.6 Å². The van der Waals surface area contributed by atoms with Gasteiger partial charge in [-0.2, -0.15) is 5.26 Å². The highest BCUT2D eigenvalue weighted by Crippen LogP contribution is 2.36. The molecule has 0 unspecified atom stereocenters. The van der Waals surface area contributed by atoms with E-state index in [9.17, 15) is 9.59 Å². The number of nitrogens with zero attached hydrogens (tertiary/aromatic N) is 3. The smallest absolute Gasteiger partial charge is 0.338 e. The summed E-state index contributed by atoms with van der Waals surface area (Å²) < 4.78 is 21.5. The second-order valence-corrected chi connectivity index (χ2v) is 13.5. The Kier molecular flexibility index (Phi) is 10.3. The molecule has 1 aromatic heterocycles. The fourth-order valence-electron chi connectivity index (χ4n) is 4.97. The molecule has 4 aromatic rings. The maximum Gasteiger partial charge on any atom is 0.338 e. The molecule has 0 saturated carbocycles. The summed E-state index contributed by atoms with van der Waals surface area (Å²) in [7, 11) is 0. The second-order valence-electron chi connectivity index (χ2n) is 10.4. The maximum absolute atomic E-state index is 14.3. The van der Waals surface area contributed by atoms with Gasteiger partial charge in [-0.05, 0) is 92.3 Å². The molecule has 11 heteroatoms. The molecule has 1 atom stereocenters. The average molecular weight is 798 g/mol. The zero-order valence-corrected chi connectivity index (χ0v) is 29.5. The van der Waals surface area contributed by atoms with Crippen molar-refractivity contribution in [2.24, 2.45) is 4.99 Å². The molecule has 230 valence electrons. The fraction of sp³-hybridized carbons (Fsp3) is 0.235. The SMILES string of the molecule is CCOC(=O)C1=C(C)N=c2s/c(=C\c3cc(Br)cc(I)c3OCc3ccc(C#N)cc3)c(=O)n2[C@@H]1c1ccccc1OC(C)C. The largest absolute Gasteiger partial charge is 0.491 e. The van der Waals surface area contributed by atoms with Crippen molar-refractivity contribution in [2.75, 3.05) is 6.61 Å². The number of carbonyl (C=O) groups is 1. The van der Waals surface area contributed by atoms with Crippen molar-refractivity contribution < 1.29 is 19.0 Å². The molecule has 0 spiro atoms. The molecule has 0 saturated heterocycles. The van der Waals surface area contributed by atoms with Gasteiger partial charge in [0.2, 0.25) is 0 Å². The number of esters is 1. The van der Waals surface area contributed by atoms with Crippen molar-refractivity contribution in [1.82, 2.24) is 4.57 Å². The minimum atomic E-state index is -0.799. The standard InChI is InChI=1S/C34H29BrIN3O5S/c1-5-42-33(41)29-20(4)38-34-39(30(29)25-8-6-7-9-27(25)44-19(2)3)32(40)28(45-34)15-23-14-24(35)16-26(36)31(23)43-18-22-12-10-21(17-37)11-13-22/h6-16,19,30H,5,18H2,1-4H3/b28-15-/t30-/m1/s1. The molecule has 0 N–H and O–H groups in total. The molecule has 45 heavy (non-hydrogen) atoms. The minimum absolute atomic E-state index is 0.125. The topological polar surface area (TPSA) is 103 Å². The van der Waals surface area contributed by atoms with Crippen LogP contribution in [-0.2, 0) is 16.1 Å². The first-order chi connectivity index (χ1) is 21.6. The van der Waals surface area contributed by atoms with Gasteiger partial charge >= 0.3 is 5.97 Å². The number of aromatic nitrogens is 1. The van der Waals surface area contributed by atoms with Crippen molar-refractivity contribution in [3.05, 3.63) is 122 Å². The first-order valence-electron chi connectivity index (χ1n) is 14.2. The number of fused-ring (bicyclic) bond motifs is 1. The summed E-state index contributed by atoms with van der Waals surface area (Å²) in [6, 6.07) is 19.8. The monoisotopic (exact) mass is 797 g/mol. The van der Waals surface area contributed by atoms with E-state index in [-0.39, 0.29) is 24.9 Å². The lowest BCUT2D eigenvalue weighted by Gasteiger charge is -2.26. The van der Waals surface area contributed by atoms with Crippen LogP contribution in [0.3, 0.4) is 0 Å². The van der Waals surface area contributed by atoms with Gasteiger partial charge in [-0.25, -0.2) is 9.79 Å². The van der Waals surface area contributed by atoms with Crippen LogP contribution in [0.2, 0.25) is 0 Å². The van der Waals surface area contributed by atoms with Crippen LogP contribution in [0.5, 0.6) is 11.5 Å². The van der Waals surface area contributed by atoms with Crippen LogP contribution in [-0.4, -0.2) is 23.2 Å². The number of hydrogen-bond acceptors (Lipinski definition) is 8. The summed E-state index contributed by atoms with van der Waals surface area (Å²) in [5.41, 5.74) is 3.32. The van der Waals surface area contributed by atoms with Crippen LogP contribution < -0.4 is 24.4 Å². The number of carbonyl (C=O) groups excluding carboxylic acids is 1. The highest BCUT2D eigenvalue weighted by Gasteiger charge is 2.35. The molecular weight excluding hydrogens is 769 g/mol. The van der Waals surface area contributed by atoms with Gasteiger partial charge in [-0.3, -0.25) is 9.36 Å². The molecule has 3 aromatic carbocycles. The number of rotatable bonds is 9. The molecule has 0 bridgehead atoms. The predicted molar refractivity (Wildman–Crippen MR) is 185 cm³/mol. The molecule has 0 fully saturated rings.